The Morgan fingerprint density at radius 2 is 1.84 bits per heavy atom. The van der Waals surface area contributed by atoms with Crippen molar-refractivity contribution >= 4 is 17.6 Å². The lowest BCUT2D eigenvalue weighted by molar-refractivity contribution is 0.390. The highest BCUT2D eigenvalue weighted by Gasteiger charge is 2.07. The average molecular weight is 366 g/mol. The van der Waals surface area contributed by atoms with Crippen molar-refractivity contribution in [1.82, 2.24) is 10.6 Å². The molecule has 0 aromatic heterocycles. The van der Waals surface area contributed by atoms with E-state index in [0.29, 0.717) is 19.0 Å². The van der Waals surface area contributed by atoms with Gasteiger partial charge in [-0.1, -0.05) is 17.7 Å². The van der Waals surface area contributed by atoms with Gasteiger partial charge in [0, 0.05) is 31.8 Å². The van der Waals surface area contributed by atoms with Crippen LogP contribution in [0.2, 0.25) is 5.02 Å². The van der Waals surface area contributed by atoms with Crippen molar-refractivity contribution in [3.8, 4) is 11.5 Å². The van der Waals surface area contributed by atoms with E-state index in [2.05, 4.69) is 15.6 Å². The molecule has 25 heavy (non-hydrogen) atoms. The van der Waals surface area contributed by atoms with Crippen LogP contribution in [0.25, 0.3) is 0 Å². The summed E-state index contributed by atoms with van der Waals surface area (Å²) in [7, 11) is 4.90. The van der Waals surface area contributed by atoms with Gasteiger partial charge < -0.3 is 20.1 Å². The molecule has 0 bridgehead atoms. The lowest BCUT2D eigenvalue weighted by Gasteiger charge is -2.14. The second-order valence-electron chi connectivity index (χ2n) is 5.21. The first-order valence-corrected chi connectivity index (χ1v) is 8.04. The second-order valence-corrected chi connectivity index (χ2v) is 5.61. The van der Waals surface area contributed by atoms with Gasteiger partial charge in [0.25, 0.3) is 0 Å². The van der Waals surface area contributed by atoms with Gasteiger partial charge in [-0.3, -0.25) is 4.99 Å². The summed E-state index contributed by atoms with van der Waals surface area (Å²) >= 11 is 5.79. The van der Waals surface area contributed by atoms with Crippen LogP contribution in [-0.2, 0) is 13.1 Å². The van der Waals surface area contributed by atoms with E-state index in [1.807, 2.05) is 18.2 Å². The maximum absolute atomic E-state index is 13.2. The Kier molecular flexibility index (Phi) is 6.89. The molecular formula is C18H21ClFN3O2. The molecule has 0 aliphatic carbocycles. The van der Waals surface area contributed by atoms with Gasteiger partial charge in [0.15, 0.2) is 5.96 Å². The normalized spacial score (nSPS) is 11.2. The van der Waals surface area contributed by atoms with Crippen molar-refractivity contribution in [2.75, 3.05) is 21.3 Å². The molecule has 2 aromatic carbocycles. The molecule has 0 saturated carbocycles. The molecule has 0 unspecified atom stereocenters. The molecule has 134 valence electrons. The number of benzene rings is 2. The summed E-state index contributed by atoms with van der Waals surface area (Å²) in [4.78, 5) is 4.17. The largest absolute Gasteiger partial charge is 0.497 e. The minimum Gasteiger partial charge on any atom is -0.497 e. The summed E-state index contributed by atoms with van der Waals surface area (Å²) in [6.45, 7) is 0.996. The molecule has 0 saturated heterocycles. The Hall–Kier alpha value is -2.47. The van der Waals surface area contributed by atoms with Crippen LogP contribution in [0.1, 0.15) is 11.1 Å². The van der Waals surface area contributed by atoms with Crippen LogP contribution < -0.4 is 20.1 Å². The molecule has 7 heteroatoms. The Morgan fingerprint density at radius 3 is 2.48 bits per heavy atom. The summed E-state index contributed by atoms with van der Waals surface area (Å²) in [6, 6.07) is 10.2. The van der Waals surface area contributed by atoms with Gasteiger partial charge in [0.1, 0.15) is 17.3 Å². The number of hydrogen-bond acceptors (Lipinski definition) is 3. The maximum atomic E-state index is 13.2. The molecule has 2 rings (SSSR count). The van der Waals surface area contributed by atoms with Gasteiger partial charge in [-0.15, -0.1) is 0 Å². The second kappa shape index (κ2) is 9.13. The fraction of sp³-hybridized carbons (Fsp3) is 0.278. The Morgan fingerprint density at radius 1 is 1.08 bits per heavy atom. The van der Waals surface area contributed by atoms with Crippen LogP contribution in [0.15, 0.2) is 41.4 Å². The van der Waals surface area contributed by atoms with E-state index in [9.17, 15) is 4.39 Å². The Balaban J connectivity index is 1.95. The van der Waals surface area contributed by atoms with Crippen LogP contribution in [0.4, 0.5) is 4.39 Å². The van der Waals surface area contributed by atoms with E-state index < -0.39 is 5.82 Å². The molecule has 0 spiro atoms. The molecule has 0 amide bonds. The zero-order valence-electron chi connectivity index (χ0n) is 14.4. The predicted molar refractivity (Wildman–Crippen MR) is 98.0 cm³/mol. The summed E-state index contributed by atoms with van der Waals surface area (Å²) in [5.74, 6) is 1.64. The van der Waals surface area contributed by atoms with E-state index >= 15 is 0 Å². The summed E-state index contributed by atoms with van der Waals surface area (Å²) < 4.78 is 23.8. The number of guanidine groups is 1. The zero-order chi connectivity index (χ0) is 18.2. The van der Waals surface area contributed by atoms with Crippen LogP contribution in [-0.4, -0.2) is 27.2 Å². The Bertz CT molecular complexity index is 753. The number of methoxy groups -OCH3 is 2. The van der Waals surface area contributed by atoms with Crippen LogP contribution >= 0.6 is 11.6 Å². The molecule has 2 aromatic rings. The van der Waals surface area contributed by atoms with E-state index in [0.717, 1.165) is 22.6 Å². The zero-order valence-corrected chi connectivity index (χ0v) is 15.2. The fourth-order valence-corrected chi connectivity index (χ4v) is 2.44. The van der Waals surface area contributed by atoms with Crippen molar-refractivity contribution in [2.24, 2.45) is 4.99 Å². The highest BCUT2D eigenvalue weighted by atomic mass is 35.5. The van der Waals surface area contributed by atoms with Crippen molar-refractivity contribution in [1.29, 1.82) is 0 Å². The van der Waals surface area contributed by atoms with Crippen molar-refractivity contribution in [3.05, 3.63) is 58.4 Å². The number of nitrogens with one attached hydrogen (secondary N) is 2. The molecule has 0 radical (unpaired) electrons. The summed E-state index contributed by atoms with van der Waals surface area (Å²) in [5, 5.41) is 6.46. The number of rotatable bonds is 6. The lowest BCUT2D eigenvalue weighted by Crippen LogP contribution is -2.36. The molecule has 0 atom stereocenters. The highest BCUT2D eigenvalue weighted by Crippen LogP contribution is 2.24. The fourth-order valence-electron chi connectivity index (χ4n) is 2.23. The van der Waals surface area contributed by atoms with Gasteiger partial charge in [-0.25, -0.2) is 4.39 Å². The van der Waals surface area contributed by atoms with Gasteiger partial charge >= 0.3 is 0 Å². The number of halogens is 2. The molecule has 0 aliphatic rings. The number of hydrogen-bond donors (Lipinski definition) is 2. The topological polar surface area (TPSA) is 54.9 Å². The predicted octanol–water partition coefficient (Wildman–Crippen LogP) is 3.36. The number of ether oxygens (including phenoxy) is 2. The molecule has 0 aliphatic heterocycles. The van der Waals surface area contributed by atoms with E-state index in [1.54, 1.807) is 33.4 Å². The Labute approximate surface area is 151 Å². The first-order valence-electron chi connectivity index (χ1n) is 7.66. The lowest BCUT2D eigenvalue weighted by atomic mass is 10.2. The van der Waals surface area contributed by atoms with Gasteiger partial charge in [0.2, 0.25) is 0 Å². The monoisotopic (exact) mass is 365 g/mol. The van der Waals surface area contributed by atoms with Gasteiger partial charge in [-0.05, 0) is 29.8 Å². The molecular weight excluding hydrogens is 345 g/mol. The number of aliphatic imine (C=N–C) groups is 1. The van der Waals surface area contributed by atoms with Crippen LogP contribution in [0, 0.1) is 5.82 Å². The third-order valence-electron chi connectivity index (χ3n) is 3.61. The standard InChI is InChI=1S/C18H21ClFN3O2/c1-21-18(22-10-12-4-7-16(20)15(19)8-12)23-11-13-5-6-14(24-2)9-17(13)25-3/h4-9H,10-11H2,1-3H3,(H2,21,22,23). The van der Waals surface area contributed by atoms with Crippen LogP contribution in [0.5, 0.6) is 11.5 Å². The SMILES string of the molecule is CN=C(NCc1ccc(F)c(Cl)c1)NCc1ccc(OC)cc1OC. The highest BCUT2D eigenvalue weighted by molar-refractivity contribution is 6.30. The smallest absolute Gasteiger partial charge is 0.191 e. The third-order valence-corrected chi connectivity index (χ3v) is 3.90. The first-order chi connectivity index (χ1) is 12.1. The first kappa shape index (κ1) is 18.9. The molecule has 2 N–H and O–H groups in total. The van der Waals surface area contributed by atoms with E-state index in [-0.39, 0.29) is 5.02 Å². The summed E-state index contributed by atoms with van der Waals surface area (Å²) in [6.07, 6.45) is 0. The molecule has 5 nitrogen and oxygen atoms in total. The number of nitrogens with zero attached hydrogens (tertiary/aromatic N) is 1. The van der Waals surface area contributed by atoms with Gasteiger partial charge in [0.05, 0.1) is 19.2 Å². The van der Waals surface area contributed by atoms with E-state index in [1.165, 1.54) is 6.07 Å². The minimum atomic E-state index is -0.431. The van der Waals surface area contributed by atoms with Crippen molar-refractivity contribution < 1.29 is 13.9 Å². The van der Waals surface area contributed by atoms with Crippen molar-refractivity contribution in [3.63, 3.8) is 0 Å². The van der Waals surface area contributed by atoms with E-state index in [4.69, 9.17) is 21.1 Å². The third kappa shape index (κ3) is 5.26. The molecule has 0 heterocycles. The molecule has 0 fully saturated rings. The van der Waals surface area contributed by atoms with Crippen molar-refractivity contribution in [2.45, 2.75) is 13.1 Å². The van der Waals surface area contributed by atoms with Crippen LogP contribution in [0.3, 0.4) is 0 Å². The quantitative estimate of drug-likeness (QED) is 0.609. The summed E-state index contributed by atoms with van der Waals surface area (Å²) in [5.41, 5.74) is 1.83. The average Bonchev–Trinajstić information content (AvgIpc) is 2.64. The van der Waals surface area contributed by atoms with Gasteiger partial charge in [-0.2, -0.15) is 0 Å². The maximum Gasteiger partial charge on any atom is 0.191 e. The minimum absolute atomic E-state index is 0.102.